The van der Waals surface area contributed by atoms with Crippen molar-refractivity contribution in [3.8, 4) is 0 Å². The summed E-state index contributed by atoms with van der Waals surface area (Å²) in [5.74, 6) is 0.716. The largest absolute Gasteiger partial charge is 0.348 e. The number of aryl methyl sites for hydroxylation is 2. The molecule has 1 amide bonds. The number of nitrogens with one attached hydrogen (secondary N) is 1. The summed E-state index contributed by atoms with van der Waals surface area (Å²) in [4.78, 5) is 24.4. The molecule has 3 aromatic rings. The zero-order chi connectivity index (χ0) is 21.5. The lowest BCUT2D eigenvalue weighted by Gasteiger charge is -2.23. The third-order valence-electron chi connectivity index (χ3n) is 5.95. The van der Waals surface area contributed by atoms with Gasteiger partial charge in [0.25, 0.3) is 5.91 Å². The van der Waals surface area contributed by atoms with E-state index in [0.717, 1.165) is 55.9 Å². The lowest BCUT2D eigenvalue weighted by atomic mass is 10.1. The fourth-order valence-corrected chi connectivity index (χ4v) is 4.26. The number of likely N-dealkylation sites (tertiary alicyclic amines) is 1. The van der Waals surface area contributed by atoms with Crippen molar-refractivity contribution in [2.24, 2.45) is 0 Å². The summed E-state index contributed by atoms with van der Waals surface area (Å²) >= 11 is 0. The Labute approximate surface area is 184 Å². The minimum atomic E-state index is -0.126. The average Bonchev–Trinajstić information content (AvgIpc) is 3.27. The van der Waals surface area contributed by atoms with Gasteiger partial charge >= 0.3 is 0 Å². The molecule has 1 saturated heterocycles. The zero-order valence-corrected chi connectivity index (χ0v) is 18.1. The SMILES string of the molecule is Cc1nc([C@@H]2CCCN2CCCc2ccccc2)ncc1C(=O)NCc1ccccc1. The third-order valence-corrected chi connectivity index (χ3v) is 5.95. The second kappa shape index (κ2) is 10.3. The first-order valence-corrected chi connectivity index (χ1v) is 11.1. The highest BCUT2D eigenvalue weighted by Gasteiger charge is 2.28. The smallest absolute Gasteiger partial charge is 0.254 e. The monoisotopic (exact) mass is 414 g/mol. The Morgan fingerprint density at radius 2 is 1.77 bits per heavy atom. The number of carbonyl (C=O) groups is 1. The Balaban J connectivity index is 1.35. The summed E-state index contributed by atoms with van der Waals surface area (Å²) in [6.45, 7) is 4.53. The van der Waals surface area contributed by atoms with E-state index in [-0.39, 0.29) is 11.9 Å². The van der Waals surface area contributed by atoms with E-state index in [2.05, 4.69) is 45.5 Å². The molecule has 2 aromatic carbocycles. The van der Waals surface area contributed by atoms with Crippen molar-refractivity contribution in [2.45, 2.75) is 45.2 Å². The molecule has 4 rings (SSSR count). The van der Waals surface area contributed by atoms with Gasteiger partial charge in [0.15, 0.2) is 0 Å². The first-order valence-electron chi connectivity index (χ1n) is 11.1. The fraction of sp³-hybridized carbons (Fsp3) is 0.346. The lowest BCUT2D eigenvalue weighted by molar-refractivity contribution is 0.0949. The van der Waals surface area contributed by atoms with Crippen LogP contribution >= 0.6 is 0 Å². The molecule has 0 bridgehead atoms. The molecule has 31 heavy (non-hydrogen) atoms. The molecular weight excluding hydrogens is 384 g/mol. The number of rotatable bonds is 8. The Morgan fingerprint density at radius 1 is 1.06 bits per heavy atom. The summed E-state index contributed by atoms with van der Waals surface area (Å²) in [6.07, 6.45) is 6.14. The topological polar surface area (TPSA) is 58.1 Å². The van der Waals surface area contributed by atoms with Crippen LogP contribution in [0, 0.1) is 6.92 Å². The molecule has 1 N–H and O–H groups in total. The first-order chi connectivity index (χ1) is 15.2. The maximum atomic E-state index is 12.6. The van der Waals surface area contributed by atoms with Gasteiger partial charge in [-0.1, -0.05) is 60.7 Å². The fourth-order valence-electron chi connectivity index (χ4n) is 4.26. The summed E-state index contributed by atoms with van der Waals surface area (Å²) in [5, 5.41) is 2.97. The molecule has 0 spiro atoms. The molecule has 1 aromatic heterocycles. The first kappa shape index (κ1) is 21.2. The van der Waals surface area contributed by atoms with Crippen molar-refractivity contribution in [3.05, 3.63) is 95.1 Å². The molecule has 0 unspecified atom stereocenters. The number of aromatic nitrogens is 2. The molecule has 0 aliphatic carbocycles. The van der Waals surface area contributed by atoms with Crippen molar-refractivity contribution >= 4 is 5.91 Å². The van der Waals surface area contributed by atoms with E-state index in [1.165, 1.54) is 5.56 Å². The second-order valence-electron chi connectivity index (χ2n) is 8.18. The van der Waals surface area contributed by atoms with Crippen LogP contribution < -0.4 is 5.32 Å². The minimum absolute atomic E-state index is 0.126. The van der Waals surface area contributed by atoms with Crippen LogP contribution in [-0.2, 0) is 13.0 Å². The van der Waals surface area contributed by atoms with E-state index in [4.69, 9.17) is 4.98 Å². The molecule has 1 aliphatic heterocycles. The highest BCUT2D eigenvalue weighted by Crippen LogP contribution is 2.30. The van der Waals surface area contributed by atoms with Crippen LogP contribution in [0.4, 0.5) is 0 Å². The van der Waals surface area contributed by atoms with E-state index in [0.29, 0.717) is 12.1 Å². The highest BCUT2D eigenvalue weighted by atomic mass is 16.1. The average molecular weight is 415 g/mol. The number of hydrogen-bond donors (Lipinski definition) is 1. The van der Waals surface area contributed by atoms with Gasteiger partial charge in [-0.05, 0) is 56.8 Å². The number of amides is 1. The van der Waals surface area contributed by atoms with Crippen molar-refractivity contribution in [2.75, 3.05) is 13.1 Å². The molecule has 0 saturated carbocycles. The summed E-state index contributed by atoms with van der Waals surface area (Å²) in [5.41, 5.74) is 3.75. The molecule has 2 heterocycles. The molecule has 5 nitrogen and oxygen atoms in total. The Kier molecular flexibility index (Phi) is 7.05. The number of benzene rings is 2. The lowest BCUT2D eigenvalue weighted by Crippen LogP contribution is -2.28. The van der Waals surface area contributed by atoms with Gasteiger partial charge in [0.2, 0.25) is 0 Å². The Hall–Kier alpha value is -3.05. The predicted molar refractivity (Wildman–Crippen MR) is 123 cm³/mol. The maximum absolute atomic E-state index is 12.6. The molecule has 1 aliphatic rings. The van der Waals surface area contributed by atoms with E-state index >= 15 is 0 Å². The molecular formula is C26H30N4O. The predicted octanol–water partition coefficient (Wildman–Crippen LogP) is 4.48. The number of nitrogens with zero attached hydrogens (tertiary/aromatic N) is 3. The Morgan fingerprint density at radius 3 is 2.48 bits per heavy atom. The second-order valence-corrected chi connectivity index (χ2v) is 8.18. The van der Waals surface area contributed by atoms with E-state index in [9.17, 15) is 4.79 Å². The molecule has 160 valence electrons. The van der Waals surface area contributed by atoms with Gasteiger partial charge in [-0.15, -0.1) is 0 Å². The van der Waals surface area contributed by atoms with Gasteiger partial charge in [0.05, 0.1) is 17.3 Å². The van der Waals surface area contributed by atoms with Gasteiger partial charge in [-0.25, -0.2) is 9.97 Å². The van der Waals surface area contributed by atoms with Crippen molar-refractivity contribution < 1.29 is 4.79 Å². The molecule has 5 heteroatoms. The minimum Gasteiger partial charge on any atom is -0.348 e. The van der Waals surface area contributed by atoms with Crippen LogP contribution in [0.3, 0.4) is 0 Å². The van der Waals surface area contributed by atoms with Crippen LogP contribution in [0.2, 0.25) is 0 Å². The van der Waals surface area contributed by atoms with Crippen molar-refractivity contribution in [3.63, 3.8) is 0 Å². The summed E-state index contributed by atoms with van der Waals surface area (Å²) in [7, 11) is 0. The van der Waals surface area contributed by atoms with Crippen molar-refractivity contribution in [1.82, 2.24) is 20.2 Å². The van der Waals surface area contributed by atoms with Crippen LogP contribution in [0.5, 0.6) is 0 Å². The van der Waals surface area contributed by atoms with Gasteiger partial charge in [0.1, 0.15) is 5.82 Å². The van der Waals surface area contributed by atoms with Gasteiger partial charge in [-0.3, -0.25) is 9.69 Å². The third kappa shape index (κ3) is 5.56. The quantitative estimate of drug-likeness (QED) is 0.590. The number of carbonyl (C=O) groups excluding carboxylic acids is 1. The summed E-state index contributed by atoms with van der Waals surface area (Å²) < 4.78 is 0. The van der Waals surface area contributed by atoms with Crippen LogP contribution in [-0.4, -0.2) is 33.9 Å². The standard InChI is InChI=1S/C26H30N4O/c1-20-23(26(31)28-18-22-12-6-3-7-13-22)19-27-25(29-20)24-15-9-17-30(24)16-8-14-21-10-4-2-5-11-21/h2-7,10-13,19,24H,8-9,14-18H2,1H3,(H,28,31)/t24-/m0/s1. The van der Waals surface area contributed by atoms with E-state index in [1.807, 2.05) is 37.3 Å². The maximum Gasteiger partial charge on any atom is 0.254 e. The number of hydrogen-bond acceptors (Lipinski definition) is 4. The van der Waals surface area contributed by atoms with Gasteiger partial charge in [0, 0.05) is 12.7 Å². The van der Waals surface area contributed by atoms with Gasteiger partial charge in [-0.2, -0.15) is 0 Å². The van der Waals surface area contributed by atoms with E-state index in [1.54, 1.807) is 6.20 Å². The normalized spacial score (nSPS) is 16.4. The van der Waals surface area contributed by atoms with E-state index < -0.39 is 0 Å². The van der Waals surface area contributed by atoms with Crippen molar-refractivity contribution in [1.29, 1.82) is 0 Å². The molecule has 0 radical (unpaired) electrons. The van der Waals surface area contributed by atoms with Crippen LogP contribution in [0.1, 0.15) is 58.3 Å². The zero-order valence-electron chi connectivity index (χ0n) is 18.1. The van der Waals surface area contributed by atoms with Crippen LogP contribution in [0.15, 0.2) is 66.9 Å². The van der Waals surface area contributed by atoms with Gasteiger partial charge < -0.3 is 5.32 Å². The molecule has 1 atom stereocenters. The Bertz CT molecular complexity index is 991. The molecule has 1 fully saturated rings. The highest BCUT2D eigenvalue weighted by molar-refractivity contribution is 5.94. The summed E-state index contributed by atoms with van der Waals surface area (Å²) in [6, 6.07) is 20.8. The van der Waals surface area contributed by atoms with Crippen LogP contribution in [0.25, 0.3) is 0 Å².